The second-order valence-corrected chi connectivity index (χ2v) is 9.45. The van der Waals surface area contributed by atoms with Crippen LogP contribution in [0.1, 0.15) is 11.1 Å². The van der Waals surface area contributed by atoms with Crippen molar-refractivity contribution in [1.29, 1.82) is 0 Å². The van der Waals surface area contributed by atoms with E-state index in [0.29, 0.717) is 26.3 Å². The van der Waals surface area contributed by atoms with Crippen LogP contribution in [0.15, 0.2) is 47.4 Å². The van der Waals surface area contributed by atoms with Crippen molar-refractivity contribution < 1.29 is 9.84 Å². The Labute approximate surface area is 186 Å². The number of rotatable bonds is 6. The molecule has 3 aromatic rings. The summed E-state index contributed by atoms with van der Waals surface area (Å²) in [6.07, 6.45) is 0. The van der Waals surface area contributed by atoms with Gasteiger partial charge in [0.2, 0.25) is 5.95 Å². The SMILES string of the molecule is NCC1(CNc2nc(N3CCSc4ccccc4C3)nc3ccc(CO)cc23)COC1. The summed E-state index contributed by atoms with van der Waals surface area (Å²) in [5.74, 6) is 2.48. The first-order chi connectivity index (χ1) is 15.2. The molecule has 3 heterocycles. The van der Waals surface area contributed by atoms with E-state index in [1.165, 1.54) is 10.5 Å². The number of benzene rings is 2. The van der Waals surface area contributed by atoms with E-state index in [-0.39, 0.29) is 12.0 Å². The first kappa shape index (κ1) is 20.5. The van der Waals surface area contributed by atoms with E-state index >= 15 is 0 Å². The molecule has 1 fully saturated rings. The highest BCUT2D eigenvalue weighted by atomic mass is 32.2. The van der Waals surface area contributed by atoms with E-state index in [4.69, 9.17) is 20.4 Å². The molecule has 0 radical (unpaired) electrons. The monoisotopic (exact) mass is 437 g/mol. The van der Waals surface area contributed by atoms with Crippen LogP contribution in [-0.4, -0.2) is 53.7 Å². The molecule has 8 heteroatoms. The number of fused-ring (bicyclic) bond motifs is 2. The Morgan fingerprint density at radius 2 is 2.06 bits per heavy atom. The molecule has 4 N–H and O–H groups in total. The lowest BCUT2D eigenvalue weighted by Gasteiger charge is -2.40. The molecule has 7 nitrogen and oxygen atoms in total. The summed E-state index contributed by atoms with van der Waals surface area (Å²) in [6, 6.07) is 14.4. The predicted octanol–water partition coefficient (Wildman–Crippen LogP) is 2.62. The maximum Gasteiger partial charge on any atom is 0.228 e. The zero-order valence-electron chi connectivity index (χ0n) is 17.4. The van der Waals surface area contributed by atoms with Crippen molar-refractivity contribution >= 4 is 34.4 Å². The van der Waals surface area contributed by atoms with Gasteiger partial charge in [0.15, 0.2) is 0 Å². The minimum Gasteiger partial charge on any atom is -0.392 e. The molecule has 5 rings (SSSR count). The predicted molar refractivity (Wildman–Crippen MR) is 124 cm³/mol. The number of anilines is 2. The van der Waals surface area contributed by atoms with E-state index in [0.717, 1.165) is 47.1 Å². The summed E-state index contributed by atoms with van der Waals surface area (Å²) in [4.78, 5) is 13.4. The van der Waals surface area contributed by atoms with E-state index in [2.05, 4.69) is 34.5 Å². The quantitative estimate of drug-likeness (QED) is 0.542. The number of nitrogens with two attached hydrogens (primary N) is 1. The average Bonchev–Trinajstić information content (AvgIpc) is 3.00. The van der Waals surface area contributed by atoms with Gasteiger partial charge in [-0.05, 0) is 29.3 Å². The molecule has 2 aliphatic rings. The van der Waals surface area contributed by atoms with Crippen molar-refractivity contribution in [3.05, 3.63) is 53.6 Å². The summed E-state index contributed by atoms with van der Waals surface area (Å²) in [5.41, 5.74) is 8.95. The molecule has 2 aliphatic heterocycles. The van der Waals surface area contributed by atoms with Gasteiger partial charge in [0.25, 0.3) is 0 Å². The molecule has 0 atom stereocenters. The molecule has 0 bridgehead atoms. The molecule has 0 saturated carbocycles. The Morgan fingerprint density at radius 3 is 2.84 bits per heavy atom. The van der Waals surface area contributed by atoms with E-state index < -0.39 is 0 Å². The van der Waals surface area contributed by atoms with Gasteiger partial charge in [-0.2, -0.15) is 4.98 Å². The topological polar surface area (TPSA) is 96.5 Å². The first-order valence-corrected chi connectivity index (χ1v) is 11.6. The second-order valence-electron chi connectivity index (χ2n) is 8.31. The lowest BCUT2D eigenvalue weighted by atomic mass is 9.86. The van der Waals surface area contributed by atoms with Crippen molar-refractivity contribution in [2.45, 2.75) is 18.0 Å². The number of thioether (sulfide) groups is 1. The van der Waals surface area contributed by atoms with Crippen molar-refractivity contribution in [2.75, 3.05) is 48.8 Å². The van der Waals surface area contributed by atoms with Gasteiger partial charge in [-0.3, -0.25) is 0 Å². The third-order valence-corrected chi connectivity index (χ3v) is 7.14. The molecule has 1 aromatic heterocycles. The number of hydrogen-bond donors (Lipinski definition) is 3. The molecule has 0 unspecified atom stereocenters. The van der Waals surface area contributed by atoms with Crippen LogP contribution in [-0.2, 0) is 17.9 Å². The van der Waals surface area contributed by atoms with Gasteiger partial charge in [0.05, 0.1) is 25.3 Å². The van der Waals surface area contributed by atoms with Crippen LogP contribution in [0, 0.1) is 5.41 Å². The lowest BCUT2D eigenvalue weighted by Crippen LogP contribution is -2.52. The number of aliphatic hydroxyl groups is 1. The smallest absolute Gasteiger partial charge is 0.228 e. The van der Waals surface area contributed by atoms with Gasteiger partial charge in [-0.15, -0.1) is 11.8 Å². The van der Waals surface area contributed by atoms with Crippen LogP contribution in [0.5, 0.6) is 0 Å². The van der Waals surface area contributed by atoms with Gasteiger partial charge >= 0.3 is 0 Å². The molecular formula is C23H27N5O2S. The normalized spacial score (nSPS) is 17.7. The van der Waals surface area contributed by atoms with Crippen LogP contribution in [0.25, 0.3) is 10.9 Å². The third-order valence-electron chi connectivity index (χ3n) is 6.05. The highest BCUT2D eigenvalue weighted by Crippen LogP contribution is 2.32. The first-order valence-electron chi connectivity index (χ1n) is 10.6. The van der Waals surface area contributed by atoms with Crippen LogP contribution in [0.3, 0.4) is 0 Å². The van der Waals surface area contributed by atoms with Gasteiger partial charge in [0.1, 0.15) is 5.82 Å². The van der Waals surface area contributed by atoms with E-state index in [9.17, 15) is 5.11 Å². The van der Waals surface area contributed by atoms with E-state index in [1.54, 1.807) is 0 Å². The Balaban J connectivity index is 1.51. The minimum absolute atomic E-state index is 0.0160. The average molecular weight is 438 g/mol. The molecule has 162 valence electrons. The van der Waals surface area contributed by atoms with Crippen molar-refractivity contribution in [2.24, 2.45) is 11.1 Å². The van der Waals surface area contributed by atoms with Crippen LogP contribution < -0.4 is 16.0 Å². The van der Waals surface area contributed by atoms with Crippen LogP contribution in [0.4, 0.5) is 11.8 Å². The van der Waals surface area contributed by atoms with Crippen LogP contribution >= 0.6 is 11.8 Å². The Kier molecular flexibility index (Phi) is 5.71. The summed E-state index contributed by atoms with van der Waals surface area (Å²) in [7, 11) is 0. The zero-order valence-corrected chi connectivity index (χ0v) is 18.2. The molecule has 1 saturated heterocycles. The highest BCUT2D eigenvalue weighted by molar-refractivity contribution is 7.99. The highest BCUT2D eigenvalue weighted by Gasteiger charge is 2.37. The fourth-order valence-electron chi connectivity index (χ4n) is 3.99. The summed E-state index contributed by atoms with van der Waals surface area (Å²) in [6.45, 7) is 4.22. The van der Waals surface area contributed by atoms with Crippen LogP contribution in [0.2, 0.25) is 0 Å². The molecule has 31 heavy (non-hydrogen) atoms. The maximum absolute atomic E-state index is 9.61. The molecule has 0 amide bonds. The third kappa shape index (κ3) is 4.08. The Bertz CT molecular complexity index is 1080. The second kappa shape index (κ2) is 8.63. The fraction of sp³-hybridized carbons (Fsp3) is 0.391. The maximum atomic E-state index is 9.61. The van der Waals surface area contributed by atoms with E-state index in [1.807, 2.05) is 30.0 Å². The number of nitrogens with zero attached hydrogens (tertiary/aromatic N) is 3. The number of hydrogen-bond acceptors (Lipinski definition) is 8. The molecule has 2 aromatic carbocycles. The number of ether oxygens (including phenoxy) is 1. The van der Waals surface area contributed by atoms with Crippen molar-refractivity contribution in [1.82, 2.24) is 9.97 Å². The van der Waals surface area contributed by atoms with Gasteiger partial charge < -0.3 is 25.8 Å². The van der Waals surface area contributed by atoms with Gasteiger partial charge in [0, 0.05) is 47.6 Å². The minimum atomic E-state index is -0.0514. The van der Waals surface area contributed by atoms with Crippen molar-refractivity contribution in [3.8, 4) is 0 Å². The number of aromatic nitrogens is 2. The Morgan fingerprint density at radius 1 is 1.19 bits per heavy atom. The lowest BCUT2D eigenvalue weighted by molar-refractivity contribution is -0.0979. The van der Waals surface area contributed by atoms with Gasteiger partial charge in [-0.1, -0.05) is 24.3 Å². The molecule has 0 aliphatic carbocycles. The largest absolute Gasteiger partial charge is 0.392 e. The zero-order chi connectivity index (χ0) is 21.3. The fourth-order valence-corrected chi connectivity index (χ4v) is 5.01. The summed E-state index contributed by atoms with van der Waals surface area (Å²) < 4.78 is 5.41. The summed E-state index contributed by atoms with van der Waals surface area (Å²) >= 11 is 1.88. The molecule has 0 spiro atoms. The standard InChI is InChI=1S/C23H27N5O2S/c24-12-23(14-30-15-23)13-25-21-18-9-16(11-29)5-6-19(18)26-22(27-21)28-7-8-31-20-4-2-1-3-17(20)10-28/h1-6,9,29H,7-8,10-15,24H2,(H,25,26,27). The Hall–Kier alpha value is -2.39. The summed E-state index contributed by atoms with van der Waals surface area (Å²) in [5, 5.41) is 14.0. The van der Waals surface area contributed by atoms with Gasteiger partial charge in [-0.25, -0.2) is 4.98 Å². The number of nitrogens with one attached hydrogen (secondary N) is 1. The number of aliphatic hydroxyl groups excluding tert-OH is 1. The molecular weight excluding hydrogens is 410 g/mol. The van der Waals surface area contributed by atoms with Crippen molar-refractivity contribution in [3.63, 3.8) is 0 Å².